The van der Waals surface area contributed by atoms with E-state index in [9.17, 15) is 0 Å². The smallest absolute Gasteiger partial charge is 0.240 e. The lowest BCUT2D eigenvalue weighted by atomic mass is 10.0. The third-order valence-electron chi connectivity index (χ3n) is 2.63. The van der Waals surface area contributed by atoms with Crippen molar-refractivity contribution in [3.63, 3.8) is 0 Å². The first-order valence-corrected chi connectivity index (χ1v) is 6.60. The molecule has 1 atom stereocenters. The second kappa shape index (κ2) is 5.51. The molecular formula is C10H17N3OS. The Morgan fingerprint density at radius 1 is 1.47 bits per heavy atom. The number of rotatable bonds is 3. The molecule has 0 aromatic carbocycles. The Morgan fingerprint density at radius 3 is 3.27 bits per heavy atom. The van der Waals surface area contributed by atoms with Crippen LogP contribution < -0.4 is 5.32 Å². The van der Waals surface area contributed by atoms with E-state index in [2.05, 4.69) is 15.5 Å². The number of thioether (sulfide) groups is 1. The molecule has 0 bridgehead atoms. The highest BCUT2D eigenvalue weighted by atomic mass is 32.2. The second-order valence-corrected chi connectivity index (χ2v) is 5.04. The lowest BCUT2D eigenvalue weighted by Gasteiger charge is -2.06. The molecule has 0 radical (unpaired) electrons. The van der Waals surface area contributed by atoms with Crippen molar-refractivity contribution in [2.75, 3.05) is 18.6 Å². The maximum Gasteiger partial charge on any atom is 0.240 e. The zero-order valence-corrected chi connectivity index (χ0v) is 9.85. The summed E-state index contributed by atoms with van der Waals surface area (Å²) in [7, 11) is 1.88. The fourth-order valence-electron chi connectivity index (χ4n) is 1.82. The van der Waals surface area contributed by atoms with E-state index < -0.39 is 0 Å². The Kier molecular flexibility index (Phi) is 4.02. The Labute approximate surface area is 94.2 Å². The van der Waals surface area contributed by atoms with Gasteiger partial charge in [-0.25, -0.2) is 0 Å². The fourth-order valence-corrected chi connectivity index (χ4v) is 2.84. The number of hydrogen-bond acceptors (Lipinski definition) is 5. The standard InChI is InChI=1S/C10H17N3OS/c1-11-7-9-12-10(13-14-9)8-3-2-5-15-6-4-8/h8,11H,2-7H2,1H3/t8-/m0/s1. The summed E-state index contributed by atoms with van der Waals surface area (Å²) in [6.45, 7) is 0.661. The summed E-state index contributed by atoms with van der Waals surface area (Å²) in [6, 6.07) is 0. The van der Waals surface area contributed by atoms with Gasteiger partial charge in [-0.15, -0.1) is 0 Å². The molecule has 1 aliphatic heterocycles. The molecular weight excluding hydrogens is 210 g/mol. The van der Waals surface area contributed by atoms with Crippen LogP contribution in [0.2, 0.25) is 0 Å². The summed E-state index contributed by atoms with van der Waals surface area (Å²) in [4.78, 5) is 4.42. The van der Waals surface area contributed by atoms with Gasteiger partial charge in [0, 0.05) is 5.92 Å². The minimum Gasteiger partial charge on any atom is -0.338 e. The highest BCUT2D eigenvalue weighted by Gasteiger charge is 2.19. The molecule has 1 fully saturated rings. The van der Waals surface area contributed by atoms with E-state index in [-0.39, 0.29) is 0 Å². The van der Waals surface area contributed by atoms with Gasteiger partial charge in [0.05, 0.1) is 6.54 Å². The van der Waals surface area contributed by atoms with Gasteiger partial charge >= 0.3 is 0 Å². The molecule has 0 saturated carbocycles. The monoisotopic (exact) mass is 227 g/mol. The Bertz CT molecular complexity index is 295. The molecule has 1 aromatic rings. The number of nitrogens with zero attached hydrogens (tertiary/aromatic N) is 2. The molecule has 1 saturated heterocycles. The maximum atomic E-state index is 5.17. The molecule has 1 aliphatic rings. The topological polar surface area (TPSA) is 51.0 Å². The van der Waals surface area contributed by atoms with Crippen molar-refractivity contribution in [3.8, 4) is 0 Å². The Hall–Kier alpha value is -0.550. The van der Waals surface area contributed by atoms with Crippen LogP contribution in [0.3, 0.4) is 0 Å². The first-order chi connectivity index (χ1) is 7.40. The Balaban J connectivity index is 2.00. The summed E-state index contributed by atoms with van der Waals surface area (Å²) in [5, 5.41) is 7.08. The molecule has 15 heavy (non-hydrogen) atoms. The Morgan fingerprint density at radius 2 is 2.40 bits per heavy atom. The quantitative estimate of drug-likeness (QED) is 0.853. The average Bonchev–Trinajstić information content (AvgIpc) is 2.53. The van der Waals surface area contributed by atoms with Gasteiger partial charge in [-0.05, 0) is 37.8 Å². The first kappa shape index (κ1) is 11.0. The number of aromatic nitrogens is 2. The van der Waals surface area contributed by atoms with Gasteiger partial charge in [-0.1, -0.05) is 5.16 Å². The van der Waals surface area contributed by atoms with Crippen molar-refractivity contribution >= 4 is 11.8 Å². The minimum absolute atomic E-state index is 0.509. The summed E-state index contributed by atoms with van der Waals surface area (Å²) in [5.41, 5.74) is 0. The van der Waals surface area contributed by atoms with Crippen molar-refractivity contribution in [1.82, 2.24) is 15.5 Å². The maximum absolute atomic E-state index is 5.17. The van der Waals surface area contributed by atoms with E-state index in [1.165, 1.54) is 30.8 Å². The number of nitrogens with one attached hydrogen (secondary N) is 1. The van der Waals surface area contributed by atoms with Gasteiger partial charge in [0.15, 0.2) is 5.82 Å². The summed E-state index contributed by atoms with van der Waals surface area (Å²) < 4.78 is 5.17. The third kappa shape index (κ3) is 2.95. The molecule has 5 heteroatoms. The normalized spacial score (nSPS) is 22.6. The van der Waals surface area contributed by atoms with Gasteiger partial charge in [-0.2, -0.15) is 16.7 Å². The zero-order chi connectivity index (χ0) is 10.5. The van der Waals surface area contributed by atoms with Crippen molar-refractivity contribution in [3.05, 3.63) is 11.7 Å². The van der Waals surface area contributed by atoms with Crippen LogP contribution in [0.25, 0.3) is 0 Å². The van der Waals surface area contributed by atoms with Crippen LogP contribution in [0, 0.1) is 0 Å². The molecule has 0 spiro atoms. The van der Waals surface area contributed by atoms with Crippen LogP contribution in [-0.4, -0.2) is 28.7 Å². The molecule has 4 nitrogen and oxygen atoms in total. The van der Waals surface area contributed by atoms with Crippen molar-refractivity contribution < 1.29 is 4.52 Å². The van der Waals surface area contributed by atoms with Crippen LogP contribution >= 0.6 is 11.8 Å². The van der Waals surface area contributed by atoms with Crippen molar-refractivity contribution in [2.24, 2.45) is 0 Å². The highest BCUT2D eigenvalue weighted by Crippen LogP contribution is 2.28. The van der Waals surface area contributed by atoms with Gasteiger partial charge in [0.1, 0.15) is 0 Å². The van der Waals surface area contributed by atoms with Gasteiger partial charge in [0.2, 0.25) is 5.89 Å². The van der Waals surface area contributed by atoms with Crippen LogP contribution in [0.4, 0.5) is 0 Å². The molecule has 0 unspecified atom stereocenters. The van der Waals surface area contributed by atoms with E-state index in [1.807, 2.05) is 18.8 Å². The van der Waals surface area contributed by atoms with Crippen LogP contribution in [0.15, 0.2) is 4.52 Å². The zero-order valence-electron chi connectivity index (χ0n) is 9.03. The largest absolute Gasteiger partial charge is 0.338 e. The molecule has 2 rings (SSSR count). The van der Waals surface area contributed by atoms with Gasteiger partial charge in [-0.3, -0.25) is 0 Å². The predicted octanol–water partition coefficient (Wildman–Crippen LogP) is 1.79. The summed E-state index contributed by atoms with van der Waals surface area (Å²) >= 11 is 2.03. The van der Waals surface area contributed by atoms with E-state index in [0.717, 1.165) is 5.82 Å². The third-order valence-corrected chi connectivity index (χ3v) is 3.73. The predicted molar refractivity (Wildman–Crippen MR) is 61.0 cm³/mol. The van der Waals surface area contributed by atoms with E-state index >= 15 is 0 Å². The lowest BCUT2D eigenvalue weighted by Crippen LogP contribution is -2.06. The molecule has 84 valence electrons. The molecule has 1 N–H and O–H groups in total. The lowest BCUT2D eigenvalue weighted by molar-refractivity contribution is 0.362. The highest BCUT2D eigenvalue weighted by molar-refractivity contribution is 7.99. The SMILES string of the molecule is CNCc1nc([C@H]2CCCSCC2)no1. The molecule has 2 heterocycles. The van der Waals surface area contributed by atoms with Gasteiger partial charge in [0.25, 0.3) is 0 Å². The molecule has 1 aromatic heterocycles. The first-order valence-electron chi connectivity index (χ1n) is 5.45. The van der Waals surface area contributed by atoms with Gasteiger partial charge < -0.3 is 9.84 Å². The summed E-state index contributed by atoms with van der Waals surface area (Å²) in [6.07, 6.45) is 3.65. The van der Waals surface area contributed by atoms with E-state index in [4.69, 9.17) is 4.52 Å². The number of hydrogen-bond donors (Lipinski definition) is 1. The van der Waals surface area contributed by atoms with Crippen molar-refractivity contribution in [2.45, 2.75) is 31.7 Å². The van der Waals surface area contributed by atoms with Crippen LogP contribution in [0.5, 0.6) is 0 Å². The minimum atomic E-state index is 0.509. The second-order valence-electron chi connectivity index (χ2n) is 3.82. The molecule has 0 aliphatic carbocycles. The van der Waals surface area contributed by atoms with Crippen molar-refractivity contribution in [1.29, 1.82) is 0 Å². The van der Waals surface area contributed by atoms with E-state index in [0.29, 0.717) is 18.4 Å². The van der Waals surface area contributed by atoms with Crippen LogP contribution in [-0.2, 0) is 6.54 Å². The average molecular weight is 227 g/mol. The van der Waals surface area contributed by atoms with E-state index in [1.54, 1.807) is 0 Å². The molecule has 0 amide bonds. The fraction of sp³-hybridized carbons (Fsp3) is 0.800. The van der Waals surface area contributed by atoms with Crippen LogP contribution in [0.1, 0.15) is 36.9 Å². The summed E-state index contributed by atoms with van der Waals surface area (Å²) in [5.74, 6) is 4.61.